The van der Waals surface area contributed by atoms with Crippen molar-refractivity contribution >= 4 is 65.4 Å². The average molecular weight is 749 g/mol. The molecule has 2 aliphatic carbocycles. The molecule has 0 fully saturated rings. The maximum atomic E-state index is 6.60. The monoisotopic (exact) mass is 748 g/mol. The van der Waals surface area contributed by atoms with Crippen LogP contribution in [-0.4, -0.2) is 0 Å². The molecule has 0 saturated heterocycles. The van der Waals surface area contributed by atoms with Gasteiger partial charge >= 0.3 is 0 Å². The number of fused-ring (bicyclic) bond motifs is 18. The standard InChI is InChI=1S/C57H32O2/c1-2-13-34-31-53-45(28-33(34)12-1)55-39(19-11-23-51(55)59-53)36-24-27-44-48(29-36)57(46-20-8-5-16-40(46)41-17-6-9-21-47(41)57)49-30-35-14-3-4-15-38(35)54(56(44)49)37-25-26-43-42-18-7-10-22-50(42)58-52(43)32-37/h1-32H. The van der Waals surface area contributed by atoms with Gasteiger partial charge in [-0.15, -0.1) is 0 Å². The molecule has 0 amide bonds. The molecule has 14 rings (SSSR count). The second-order valence-electron chi connectivity index (χ2n) is 16.3. The summed E-state index contributed by atoms with van der Waals surface area (Å²) in [7, 11) is 0. The highest BCUT2D eigenvalue weighted by atomic mass is 16.3. The number of hydrogen-bond acceptors (Lipinski definition) is 2. The van der Waals surface area contributed by atoms with Crippen molar-refractivity contribution in [1.29, 1.82) is 0 Å². The van der Waals surface area contributed by atoms with E-state index in [-0.39, 0.29) is 0 Å². The summed E-state index contributed by atoms with van der Waals surface area (Å²) < 4.78 is 13.1. The zero-order valence-electron chi connectivity index (χ0n) is 31.8. The molecule has 272 valence electrons. The predicted molar refractivity (Wildman–Crippen MR) is 243 cm³/mol. The molecule has 2 nitrogen and oxygen atoms in total. The normalized spacial score (nSPS) is 13.6. The summed E-state index contributed by atoms with van der Waals surface area (Å²) in [6, 6.07) is 71.5. The van der Waals surface area contributed by atoms with Gasteiger partial charge in [-0.1, -0.05) is 146 Å². The molecule has 2 heteroatoms. The predicted octanol–water partition coefficient (Wildman–Crippen LogP) is 15.5. The fourth-order valence-corrected chi connectivity index (χ4v) is 11.1. The van der Waals surface area contributed by atoms with Gasteiger partial charge in [-0.05, 0) is 137 Å². The number of hydrogen-bond donors (Lipinski definition) is 0. The molecule has 2 heterocycles. The second-order valence-corrected chi connectivity index (χ2v) is 16.3. The van der Waals surface area contributed by atoms with E-state index in [4.69, 9.17) is 8.83 Å². The maximum absolute atomic E-state index is 6.60. The SMILES string of the molecule is c1ccc2c(c1)-c1ccccc1C21c2cc(-c3cccc4oc5cc6ccccc6cc5c34)ccc2-c2c1cc1ccccc1c2-c1ccc2c(c1)oc1ccccc12. The van der Waals surface area contributed by atoms with Crippen molar-refractivity contribution in [3.8, 4) is 44.5 Å². The van der Waals surface area contributed by atoms with E-state index in [2.05, 4.69) is 188 Å². The maximum Gasteiger partial charge on any atom is 0.136 e. The Hall–Kier alpha value is -7.68. The number of rotatable bonds is 2. The van der Waals surface area contributed by atoms with Gasteiger partial charge in [0.05, 0.1) is 5.41 Å². The molecule has 10 aromatic carbocycles. The topological polar surface area (TPSA) is 26.3 Å². The summed E-state index contributed by atoms with van der Waals surface area (Å²) in [6.45, 7) is 0. The van der Waals surface area contributed by atoms with Crippen LogP contribution in [0.3, 0.4) is 0 Å². The van der Waals surface area contributed by atoms with Gasteiger partial charge in [0, 0.05) is 21.5 Å². The van der Waals surface area contributed by atoms with Crippen LogP contribution in [0.15, 0.2) is 203 Å². The van der Waals surface area contributed by atoms with Crippen molar-refractivity contribution in [3.05, 3.63) is 216 Å². The van der Waals surface area contributed by atoms with E-state index in [1.807, 2.05) is 6.07 Å². The van der Waals surface area contributed by atoms with Crippen molar-refractivity contribution < 1.29 is 8.83 Å². The number of para-hydroxylation sites is 1. The lowest BCUT2D eigenvalue weighted by atomic mass is 9.69. The van der Waals surface area contributed by atoms with Crippen molar-refractivity contribution in [2.24, 2.45) is 0 Å². The Morgan fingerprint density at radius 1 is 0.288 bits per heavy atom. The third kappa shape index (κ3) is 4.00. The number of benzene rings is 10. The Morgan fingerprint density at radius 2 is 0.898 bits per heavy atom. The van der Waals surface area contributed by atoms with Crippen molar-refractivity contribution in [2.75, 3.05) is 0 Å². The zero-order chi connectivity index (χ0) is 38.4. The lowest BCUT2D eigenvalue weighted by Gasteiger charge is -2.31. The molecule has 0 aliphatic heterocycles. The van der Waals surface area contributed by atoms with E-state index in [9.17, 15) is 0 Å². The van der Waals surface area contributed by atoms with Crippen LogP contribution in [0.4, 0.5) is 0 Å². The van der Waals surface area contributed by atoms with E-state index < -0.39 is 5.41 Å². The highest BCUT2D eigenvalue weighted by Crippen LogP contribution is 2.65. The van der Waals surface area contributed by atoms with E-state index in [0.29, 0.717) is 0 Å². The van der Waals surface area contributed by atoms with Gasteiger partial charge in [0.15, 0.2) is 0 Å². The highest BCUT2D eigenvalue weighted by Gasteiger charge is 2.52. The van der Waals surface area contributed by atoms with E-state index in [1.54, 1.807) is 0 Å². The Balaban J connectivity index is 1.11. The van der Waals surface area contributed by atoms with Gasteiger partial charge < -0.3 is 8.83 Å². The summed E-state index contributed by atoms with van der Waals surface area (Å²) in [5, 5.41) is 9.41. The third-order valence-corrected chi connectivity index (χ3v) is 13.4. The minimum Gasteiger partial charge on any atom is -0.456 e. The summed E-state index contributed by atoms with van der Waals surface area (Å²) in [5.74, 6) is 0. The second kappa shape index (κ2) is 11.2. The van der Waals surface area contributed by atoms with Crippen molar-refractivity contribution in [1.82, 2.24) is 0 Å². The molecular formula is C57H32O2. The first-order chi connectivity index (χ1) is 29.2. The third-order valence-electron chi connectivity index (χ3n) is 13.4. The van der Waals surface area contributed by atoms with E-state index in [0.717, 1.165) is 49.4 Å². The van der Waals surface area contributed by atoms with Crippen LogP contribution in [0.1, 0.15) is 22.3 Å². The van der Waals surface area contributed by atoms with Crippen molar-refractivity contribution in [2.45, 2.75) is 5.41 Å². The molecule has 0 saturated carbocycles. The Bertz CT molecular complexity index is 3750. The summed E-state index contributed by atoms with van der Waals surface area (Å²) in [4.78, 5) is 0. The average Bonchev–Trinajstić information content (AvgIpc) is 4.02. The lowest BCUT2D eigenvalue weighted by molar-refractivity contribution is 0.669. The fourth-order valence-electron chi connectivity index (χ4n) is 11.1. The number of furan rings is 2. The zero-order valence-corrected chi connectivity index (χ0v) is 31.8. The van der Waals surface area contributed by atoms with Crippen LogP contribution < -0.4 is 0 Å². The largest absolute Gasteiger partial charge is 0.456 e. The minimum atomic E-state index is -0.543. The van der Waals surface area contributed by atoms with E-state index in [1.165, 1.54) is 82.7 Å². The minimum absolute atomic E-state index is 0.543. The first kappa shape index (κ1) is 31.4. The Kier molecular flexibility index (Phi) is 5.99. The highest BCUT2D eigenvalue weighted by molar-refractivity contribution is 6.17. The van der Waals surface area contributed by atoms with Crippen LogP contribution in [0, 0.1) is 0 Å². The first-order valence-corrected chi connectivity index (χ1v) is 20.4. The lowest BCUT2D eigenvalue weighted by Crippen LogP contribution is -2.26. The van der Waals surface area contributed by atoms with Gasteiger partial charge in [0.25, 0.3) is 0 Å². The molecule has 1 spiro atoms. The van der Waals surface area contributed by atoms with Crippen LogP contribution in [0.2, 0.25) is 0 Å². The summed E-state index contributed by atoms with van der Waals surface area (Å²) in [6.07, 6.45) is 0. The molecule has 59 heavy (non-hydrogen) atoms. The van der Waals surface area contributed by atoms with Gasteiger partial charge in [-0.3, -0.25) is 0 Å². The quantitative estimate of drug-likeness (QED) is 0.176. The molecule has 0 unspecified atom stereocenters. The van der Waals surface area contributed by atoms with Crippen LogP contribution in [0.25, 0.3) is 110 Å². The van der Waals surface area contributed by atoms with Crippen LogP contribution in [0.5, 0.6) is 0 Å². The molecular weight excluding hydrogens is 717 g/mol. The van der Waals surface area contributed by atoms with E-state index >= 15 is 0 Å². The smallest absolute Gasteiger partial charge is 0.136 e. The summed E-state index contributed by atoms with van der Waals surface area (Å²) in [5.41, 5.74) is 18.2. The molecule has 0 bridgehead atoms. The fraction of sp³-hybridized carbons (Fsp3) is 0.0175. The van der Waals surface area contributed by atoms with Crippen LogP contribution >= 0.6 is 0 Å². The first-order valence-electron chi connectivity index (χ1n) is 20.4. The van der Waals surface area contributed by atoms with Crippen LogP contribution in [-0.2, 0) is 5.41 Å². The molecule has 0 atom stereocenters. The molecule has 0 radical (unpaired) electrons. The van der Waals surface area contributed by atoms with Gasteiger partial charge in [-0.2, -0.15) is 0 Å². The van der Waals surface area contributed by atoms with Gasteiger partial charge in [0.1, 0.15) is 22.3 Å². The van der Waals surface area contributed by atoms with Gasteiger partial charge in [-0.25, -0.2) is 0 Å². The van der Waals surface area contributed by atoms with Gasteiger partial charge in [0.2, 0.25) is 0 Å². The molecule has 2 aromatic heterocycles. The molecule has 0 N–H and O–H groups in total. The van der Waals surface area contributed by atoms with Crippen molar-refractivity contribution in [3.63, 3.8) is 0 Å². The Morgan fingerprint density at radius 3 is 1.73 bits per heavy atom. The Labute approximate surface area is 339 Å². The molecule has 12 aromatic rings. The summed E-state index contributed by atoms with van der Waals surface area (Å²) >= 11 is 0. The molecule has 2 aliphatic rings.